The summed E-state index contributed by atoms with van der Waals surface area (Å²) >= 11 is 0. The lowest BCUT2D eigenvalue weighted by atomic mass is 10.0. The van der Waals surface area contributed by atoms with Crippen molar-refractivity contribution in [2.45, 2.75) is 20.4 Å². The van der Waals surface area contributed by atoms with Gasteiger partial charge in [0.15, 0.2) is 5.65 Å². The Hall–Kier alpha value is -3.61. The average molecular weight is 375 g/mol. The summed E-state index contributed by atoms with van der Waals surface area (Å²) in [5, 5.41) is 8.11. The van der Waals surface area contributed by atoms with Crippen LogP contribution in [0.4, 0.5) is 10.2 Å². The number of amides is 1. The number of nitrogens with one attached hydrogen (secondary N) is 1. The number of aryl methyl sites for hydroxylation is 2. The largest absolute Gasteiger partial charge is 0.309 e. The van der Waals surface area contributed by atoms with Gasteiger partial charge in [0.2, 0.25) is 5.91 Å². The number of halogens is 1. The summed E-state index contributed by atoms with van der Waals surface area (Å²) in [6.45, 7) is 3.82. The second kappa shape index (κ2) is 7.19. The highest BCUT2D eigenvalue weighted by Gasteiger charge is 2.16. The second-order valence-corrected chi connectivity index (χ2v) is 6.57. The summed E-state index contributed by atoms with van der Waals surface area (Å²) in [6, 6.07) is 11.8. The lowest BCUT2D eigenvalue weighted by molar-refractivity contribution is -0.116. The van der Waals surface area contributed by atoms with Gasteiger partial charge in [0.25, 0.3) is 0 Å². The molecule has 1 N–H and O–H groups in total. The van der Waals surface area contributed by atoms with E-state index in [1.807, 2.05) is 26.0 Å². The molecule has 28 heavy (non-hydrogen) atoms. The summed E-state index contributed by atoms with van der Waals surface area (Å²) in [5.41, 5.74) is 4.13. The Morgan fingerprint density at radius 1 is 1.07 bits per heavy atom. The molecule has 3 heterocycles. The molecule has 0 aliphatic rings. The molecule has 4 rings (SSSR count). The Labute approximate surface area is 161 Å². The number of fused-ring (bicyclic) bond motifs is 1. The van der Waals surface area contributed by atoms with E-state index in [0.717, 1.165) is 27.8 Å². The van der Waals surface area contributed by atoms with E-state index in [2.05, 4.69) is 20.4 Å². The number of benzene rings is 1. The Morgan fingerprint density at radius 2 is 1.82 bits per heavy atom. The maximum atomic E-state index is 13.3. The van der Waals surface area contributed by atoms with Gasteiger partial charge in [-0.1, -0.05) is 12.1 Å². The highest BCUT2D eigenvalue weighted by atomic mass is 19.1. The molecule has 0 saturated heterocycles. The first kappa shape index (κ1) is 17.8. The predicted molar refractivity (Wildman–Crippen MR) is 105 cm³/mol. The third-order valence-corrected chi connectivity index (χ3v) is 4.44. The van der Waals surface area contributed by atoms with Crippen molar-refractivity contribution in [2.75, 3.05) is 5.32 Å². The Morgan fingerprint density at radius 3 is 2.57 bits per heavy atom. The van der Waals surface area contributed by atoms with Crippen molar-refractivity contribution in [2.24, 2.45) is 0 Å². The van der Waals surface area contributed by atoms with Crippen LogP contribution in [-0.4, -0.2) is 25.7 Å². The van der Waals surface area contributed by atoms with Crippen LogP contribution in [0.5, 0.6) is 0 Å². The minimum absolute atomic E-state index is 0.0137. The lowest BCUT2D eigenvalue weighted by Gasteiger charge is -2.07. The molecule has 0 spiro atoms. The number of nitrogens with zero attached hydrogens (tertiary/aromatic N) is 4. The number of hydrogen-bond donors (Lipinski definition) is 1. The van der Waals surface area contributed by atoms with Gasteiger partial charge in [-0.05, 0) is 60.9 Å². The van der Waals surface area contributed by atoms with E-state index in [1.54, 1.807) is 35.3 Å². The van der Waals surface area contributed by atoms with Crippen LogP contribution in [0.25, 0.3) is 22.2 Å². The van der Waals surface area contributed by atoms with Crippen molar-refractivity contribution >= 4 is 22.8 Å². The number of carbonyl (C=O) groups excluding carboxylic acids is 1. The summed E-state index contributed by atoms with van der Waals surface area (Å²) in [7, 11) is 0. The van der Waals surface area contributed by atoms with Gasteiger partial charge in [-0.3, -0.25) is 4.79 Å². The Balaban J connectivity index is 1.66. The van der Waals surface area contributed by atoms with Crippen LogP contribution in [-0.2, 0) is 11.3 Å². The molecule has 7 heteroatoms. The SMILES string of the molecule is Cc1ccnc(NC(=O)Cn2nc(C)c3c(-c4ccc(F)cc4)ccnc32)c1. The van der Waals surface area contributed by atoms with E-state index in [0.29, 0.717) is 11.5 Å². The summed E-state index contributed by atoms with van der Waals surface area (Å²) in [5.74, 6) is -0.0301. The van der Waals surface area contributed by atoms with E-state index in [4.69, 9.17) is 0 Å². The highest BCUT2D eigenvalue weighted by Crippen LogP contribution is 2.29. The zero-order valence-electron chi connectivity index (χ0n) is 15.5. The van der Waals surface area contributed by atoms with Crippen molar-refractivity contribution in [3.63, 3.8) is 0 Å². The predicted octanol–water partition coefficient (Wildman–Crippen LogP) is 3.89. The first-order valence-electron chi connectivity index (χ1n) is 8.82. The van der Waals surface area contributed by atoms with Crippen molar-refractivity contribution in [3.05, 3.63) is 71.9 Å². The van der Waals surface area contributed by atoms with Crippen molar-refractivity contribution in [3.8, 4) is 11.1 Å². The third kappa shape index (κ3) is 3.46. The normalized spacial score (nSPS) is 11.0. The van der Waals surface area contributed by atoms with Gasteiger partial charge in [-0.25, -0.2) is 19.0 Å². The second-order valence-electron chi connectivity index (χ2n) is 6.57. The quantitative estimate of drug-likeness (QED) is 0.587. The molecule has 140 valence electrons. The number of hydrogen-bond acceptors (Lipinski definition) is 4. The van der Waals surface area contributed by atoms with Crippen molar-refractivity contribution < 1.29 is 9.18 Å². The van der Waals surface area contributed by atoms with E-state index in [9.17, 15) is 9.18 Å². The third-order valence-electron chi connectivity index (χ3n) is 4.44. The van der Waals surface area contributed by atoms with Crippen molar-refractivity contribution in [1.29, 1.82) is 0 Å². The molecule has 1 amide bonds. The molecule has 0 radical (unpaired) electrons. The van der Waals surface area contributed by atoms with Crippen LogP contribution < -0.4 is 5.32 Å². The van der Waals surface area contributed by atoms with E-state index < -0.39 is 0 Å². The summed E-state index contributed by atoms with van der Waals surface area (Å²) < 4.78 is 14.8. The van der Waals surface area contributed by atoms with Crippen LogP contribution >= 0.6 is 0 Å². The minimum atomic E-state index is -0.289. The molecule has 0 bridgehead atoms. The number of rotatable bonds is 4. The van der Waals surface area contributed by atoms with Gasteiger partial charge in [0.1, 0.15) is 18.2 Å². The topological polar surface area (TPSA) is 72.7 Å². The van der Waals surface area contributed by atoms with E-state index in [1.165, 1.54) is 12.1 Å². The monoisotopic (exact) mass is 375 g/mol. The first-order chi connectivity index (χ1) is 13.5. The molecule has 0 aliphatic carbocycles. The van der Waals surface area contributed by atoms with Gasteiger partial charge < -0.3 is 5.32 Å². The molecule has 6 nitrogen and oxygen atoms in total. The van der Waals surface area contributed by atoms with Gasteiger partial charge in [-0.2, -0.15) is 5.10 Å². The fraction of sp³-hybridized carbons (Fsp3) is 0.143. The maximum absolute atomic E-state index is 13.3. The van der Waals surface area contributed by atoms with E-state index in [-0.39, 0.29) is 18.3 Å². The van der Waals surface area contributed by atoms with Crippen LogP contribution in [0, 0.1) is 19.7 Å². The number of anilines is 1. The molecule has 0 saturated carbocycles. The standard InChI is InChI=1S/C21H18FN5O/c1-13-7-9-23-18(11-13)25-19(28)12-27-21-20(14(2)26-27)17(8-10-24-21)15-3-5-16(22)6-4-15/h3-11H,12H2,1-2H3,(H,23,25,28). The number of pyridine rings is 2. The Kier molecular flexibility index (Phi) is 4.57. The van der Waals surface area contributed by atoms with E-state index >= 15 is 0 Å². The molecule has 3 aromatic heterocycles. The fourth-order valence-electron chi connectivity index (χ4n) is 3.18. The molecule has 0 unspecified atom stereocenters. The highest BCUT2D eigenvalue weighted by molar-refractivity contribution is 5.96. The number of carbonyl (C=O) groups is 1. The average Bonchev–Trinajstić information content (AvgIpc) is 2.98. The molecule has 0 fully saturated rings. The zero-order chi connectivity index (χ0) is 19.7. The molecular formula is C21H18FN5O. The Bertz CT molecular complexity index is 1170. The minimum Gasteiger partial charge on any atom is -0.309 e. The summed E-state index contributed by atoms with van der Waals surface area (Å²) in [4.78, 5) is 21.0. The van der Waals surface area contributed by atoms with Crippen LogP contribution in [0.3, 0.4) is 0 Å². The molecule has 0 aliphatic heterocycles. The van der Waals surface area contributed by atoms with Gasteiger partial charge in [0, 0.05) is 17.8 Å². The van der Waals surface area contributed by atoms with Gasteiger partial charge in [0.05, 0.1) is 5.69 Å². The molecule has 4 aromatic rings. The van der Waals surface area contributed by atoms with Gasteiger partial charge >= 0.3 is 0 Å². The molecule has 1 aromatic carbocycles. The van der Waals surface area contributed by atoms with Crippen LogP contribution in [0.1, 0.15) is 11.3 Å². The maximum Gasteiger partial charge on any atom is 0.247 e. The van der Waals surface area contributed by atoms with Gasteiger partial charge in [-0.15, -0.1) is 0 Å². The molecular weight excluding hydrogens is 357 g/mol. The zero-order valence-corrected chi connectivity index (χ0v) is 15.5. The smallest absolute Gasteiger partial charge is 0.247 e. The number of aromatic nitrogens is 4. The van der Waals surface area contributed by atoms with Crippen LogP contribution in [0.2, 0.25) is 0 Å². The lowest BCUT2D eigenvalue weighted by Crippen LogP contribution is -2.20. The summed E-state index contributed by atoms with van der Waals surface area (Å²) in [6.07, 6.45) is 3.31. The fourth-order valence-corrected chi connectivity index (χ4v) is 3.18. The van der Waals surface area contributed by atoms with Crippen molar-refractivity contribution in [1.82, 2.24) is 19.7 Å². The van der Waals surface area contributed by atoms with Crippen LogP contribution in [0.15, 0.2) is 54.9 Å². The molecule has 0 atom stereocenters. The first-order valence-corrected chi connectivity index (χ1v) is 8.82.